The molecule has 0 radical (unpaired) electrons. The summed E-state index contributed by atoms with van der Waals surface area (Å²) in [6.45, 7) is 9.46. The van der Waals surface area contributed by atoms with E-state index >= 15 is 0 Å². The summed E-state index contributed by atoms with van der Waals surface area (Å²) < 4.78 is 6.72. The van der Waals surface area contributed by atoms with Gasteiger partial charge in [-0.1, -0.05) is 81.4 Å². The van der Waals surface area contributed by atoms with Crippen LogP contribution in [0.2, 0.25) is 5.04 Å². The van der Waals surface area contributed by atoms with Gasteiger partial charge in [0.15, 0.2) is 0 Å². The predicted octanol–water partition coefficient (Wildman–Crippen LogP) is 3.83. The highest BCUT2D eigenvalue weighted by molar-refractivity contribution is 6.99. The lowest BCUT2D eigenvalue weighted by molar-refractivity contribution is 0.272. The minimum atomic E-state index is -2.42. The van der Waals surface area contributed by atoms with Crippen molar-refractivity contribution in [3.8, 4) is 12.3 Å². The van der Waals surface area contributed by atoms with E-state index in [4.69, 9.17) is 10.8 Å². The molecule has 0 unspecified atom stereocenters. The molecule has 0 aliphatic carbocycles. The van der Waals surface area contributed by atoms with Crippen LogP contribution in [0.25, 0.3) is 0 Å². The molecular weight excluding hydrogens is 296 g/mol. The molecule has 120 valence electrons. The Hall–Kier alpha value is -1.82. The van der Waals surface area contributed by atoms with Crippen molar-refractivity contribution in [2.45, 2.75) is 32.7 Å². The molecule has 2 rings (SSSR count). The van der Waals surface area contributed by atoms with E-state index in [1.54, 1.807) is 0 Å². The Morgan fingerprint density at radius 1 is 0.957 bits per heavy atom. The fourth-order valence-electron chi connectivity index (χ4n) is 3.06. The monoisotopic (exact) mass is 322 g/mol. The van der Waals surface area contributed by atoms with E-state index in [1.807, 2.05) is 6.92 Å². The molecule has 0 saturated carbocycles. The van der Waals surface area contributed by atoms with E-state index in [1.165, 1.54) is 10.4 Å². The van der Waals surface area contributed by atoms with Gasteiger partial charge >= 0.3 is 0 Å². The van der Waals surface area contributed by atoms with Crippen LogP contribution in [0.1, 0.15) is 27.7 Å². The molecule has 0 N–H and O–H groups in total. The topological polar surface area (TPSA) is 9.23 Å². The van der Waals surface area contributed by atoms with Gasteiger partial charge in [-0.2, -0.15) is 0 Å². The van der Waals surface area contributed by atoms with Crippen molar-refractivity contribution in [2.75, 3.05) is 6.61 Å². The van der Waals surface area contributed by atoms with Gasteiger partial charge < -0.3 is 4.43 Å². The first kappa shape index (κ1) is 17.5. The van der Waals surface area contributed by atoms with Gasteiger partial charge in [-0.15, -0.1) is 12.3 Å². The lowest BCUT2D eigenvalue weighted by Crippen LogP contribution is -2.66. The Morgan fingerprint density at radius 3 is 1.74 bits per heavy atom. The summed E-state index contributed by atoms with van der Waals surface area (Å²) in [5.41, 5.74) is 0. The van der Waals surface area contributed by atoms with E-state index in [-0.39, 0.29) is 11.0 Å². The number of hydrogen-bond donors (Lipinski definition) is 0. The van der Waals surface area contributed by atoms with Crippen molar-refractivity contribution in [2.24, 2.45) is 5.92 Å². The van der Waals surface area contributed by atoms with Gasteiger partial charge in [-0.25, -0.2) is 0 Å². The quantitative estimate of drug-likeness (QED) is 0.600. The van der Waals surface area contributed by atoms with Crippen LogP contribution in [0, 0.1) is 18.3 Å². The van der Waals surface area contributed by atoms with Gasteiger partial charge in [0.1, 0.15) is 0 Å². The van der Waals surface area contributed by atoms with Crippen molar-refractivity contribution in [1.82, 2.24) is 0 Å². The van der Waals surface area contributed by atoms with Crippen LogP contribution >= 0.6 is 0 Å². The molecule has 2 aromatic rings. The predicted molar refractivity (Wildman–Crippen MR) is 102 cm³/mol. The third kappa shape index (κ3) is 3.58. The average Bonchev–Trinajstić information content (AvgIpc) is 2.56. The Labute approximate surface area is 141 Å². The lowest BCUT2D eigenvalue weighted by atomic mass is 10.2. The highest BCUT2D eigenvalue weighted by Crippen LogP contribution is 2.36. The number of terminal acetylenes is 1. The number of hydrogen-bond acceptors (Lipinski definition) is 1. The van der Waals surface area contributed by atoms with Crippen LogP contribution in [-0.4, -0.2) is 14.9 Å². The molecule has 1 nitrogen and oxygen atoms in total. The van der Waals surface area contributed by atoms with Gasteiger partial charge in [-0.05, 0) is 22.3 Å². The normalized spacial score (nSPS) is 13.3. The molecule has 0 amide bonds. The smallest absolute Gasteiger partial charge is 0.261 e. The van der Waals surface area contributed by atoms with Crippen molar-refractivity contribution in [3.05, 3.63) is 60.7 Å². The van der Waals surface area contributed by atoms with E-state index in [0.717, 1.165) is 0 Å². The lowest BCUT2D eigenvalue weighted by Gasteiger charge is -2.43. The fraction of sp³-hybridized carbons (Fsp3) is 0.333. The first-order valence-electron chi connectivity index (χ1n) is 8.13. The maximum absolute atomic E-state index is 6.72. The van der Waals surface area contributed by atoms with Crippen LogP contribution < -0.4 is 10.4 Å². The molecule has 2 aromatic carbocycles. The standard InChI is InChI=1S/C21H26OSi/c1-6-18(2)17-22-23(21(3,4)5,19-13-9-7-10-14-19)20-15-11-8-12-16-20/h1,7-16,18H,17H2,2-5H3/t18-/m1/s1. The first-order chi connectivity index (χ1) is 10.9. The van der Waals surface area contributed by atoms with Gasteiger partial charge in [0.2, 0.25) is 0 Å². The summed E-state index contributed by atoms with van der Waals surface area (Å²) in [6, 6.07) is 21.3. The summed E-state index contributed by atoms with van der Waals surface area (Å²) in [7, 11) is -2.42. The molecule has 0 aromatic heterocycles. The summed E-state index contributed by atoms with van der Waals surface area (Å²) >= 11 is 0. The zero-order chi connectivity index (χ0) is 16.9. The second-order valence-corrected chi connectivity index (χ2v) is 11.3. The highest BCUT2D eigenvalue weighted by atomic mass is 28.4. The van der Waals surface area contributed by atoms with E-state index in [9.17, 15) is 0 Å². The van der Waals surface area contributed by atoms with E-state index in [2.05, 4.69) is 87.4 Å². The Bertz CT molecular complexity index is 610. The van der Waals surface area contributed by atoms with Crippen molar-refractivity contribution >= 4 is 18.7 Å². The van der Waals surface area contributed by atoms with Gasteiger partial charge in [0.05, 0.1) is 0 Å². The zero-order valence-electron chi connectivity index (χ0n) is 14.5. The molecule has 23 heavy (non-hydrogen) atoms. The minimum absolute atomic E-state index is 0.00399. The molecule has 0 aliphatic heterocycles. The number of rotatable bonds is 5. The number of benzene rings is 2. The summed E-state index contributed by atoms with van der Waals surface area (Å²) in [4.78, 5) is 0. The van der Waals surface area contributed by atoms with E-state index in [0.29, 0.717) is 6.61 Å². The van der Waals surface area contributed by atoms with Crippen LogP contribution in [0.4, 0.5) is 0 Å². The van der Waals surface area contributed by atoms with Crippen LogP contribution in [0.15, 0.2) is 60.7 Å². The minimum Gasteiger partial charge on any atom is -0.406 e. The van der Waals surface area contributed by atoms with E-state index < -0.39 is 8.32 Å². The summed E-state index contributed by atoms with van der Waals surface area (Å²) in [5.74, 6) is 2.90. The second kappa shape index (κ2) is 7.17. The maximum Gasteiger partial charge on any atom is 0.261 e. The maximum atomic E-state index is 6.72. The Morgan fingerprint density at radius 2 is 1.39 bits per heavy atom. The zero-order valence-corrected chi connectivity index (χ0v) is 15.5. The van der Waals surface area contributed by atoms with Crippen LogP contribution in [-0.2, 0) is 4.43 Å². The van der Waals surface area contributed by atoms with Crippen LogP contribution in [0.3, 0.4) is 0 Å². The molecule has 1 atom stereocenters. The molecule has 2 heteroatoms. The third-order valence-electron chi connectivity index (χ3n) is 4.25. The molecule has 0 saturated heterocycles. The molecule has 0 fully saturated rings. The summed E-state index contributed by atoms with van der Waals surface area (Å²) in [6.07, 6.45) is 5.57. The summed E-state index contributed by atoms with van der Waals surface area (Å²) in [5, 5.41) is 2.59. The SMILES string of the molecule is C#C[C@@H](C)CO[Si](c1ccccc1)(c1ccccc1)C(C)(C)C. The van der Waals surface area contributed by atoms with Gasteiger partial charge in [0, 0.05) is 12.5 Å². The molecule has 0 aliphatic rings. The molecular formula is C21H26OSi. The average molecular weight is 323 g/mol. The van der Waals surface area contributed by atoms with Crippen molar-refractivity contribution in [3.63, 3.8) is 0 Å². The van der Waals surface area contributed by atoms with Crippen molar-refractivity contribution in [1.29, 1.82) is 0 Å². The molecule has 0 spiro atoms. The van der Waals surface area contributed by atoms with Crippen LogP contribution in [0.5, 0.6) is 0 Å². The van der Waals surface area contributed by atoms with Crippen molar-refractivity contribution < 1.29 is 4.43 Å². The van der Waals surface area contributed by atoms with Gasteiger partial charge in [0.25, 0.3) is 8.32 Å². The van der Waals surface area contributed by atoms with Gasteiger partial charge in [-0.3, -0.25) is 0 Å². The first-order valence-corrected chi connectivity index (χ1v) is 10.0. The molecule has 0 heterocycles. The third-order valence-corrected chi connectivity index (χ3v) is 9.26. The largest absolute Gasteiger partial charge is 0.406 e. The Balaban J connectivity index is 2.62. The second-order valence-electron chi connectivity index (χ2n) is 7.04. The Kier molecular flexibility index (Phi) is 5.46. The fourth-order valence-corrected chi connectivity index (χ4v) is 7.72. The highest BCUT2D eigenvalue weighted by Gasteiger charge is 2.50. The molecule has 0 bridgehead atoms.